The Morgan fingerprint density at radius 1 is 1.19 bits per heavy atom. The number of aryl methyl sites for hydroxylation is 1. The molecule has 0 unspecified atom stereocenters. The average molecular weight is 347 g/mol. The van der Waals surface area contributed by atoms with E-state index < -0.39 is 0 Å². The summed E-state index contributed by atoms with van der Waals surface area (Å²) in [6.45, 7) is 6.15. The largest absolute Gasteiger partial charge is 0.493 e. The number of aldehydes is 1. The topological polar surface area (TPSA) is 52.3 Å². The van der Waals surface area contributed by atoms with Crippen LogP contribution in [0.4, 0.5) is 0 Å². The van der Waals surface area contributed by atoms with E-state index in [1.54, 1.807) is 12.1 Å². The molecule has 1 aromatic heterocycles. The van der Waals surface area contributed by atoms with E-state index >= 15 is 0 Å². The molecule has 0 saturated carbocycles. The van der Waals surface area contributed by atoms with Crippen LogP contribution in [0.1, 0.15) is 27.4 Å². The smallest absolute Gasteiger partial charge is 0.226 e. The lowest BCUT2D eigenvalue weighted by molar-refractivity contribution is 0.112. The summed E-state index contributed by atoms with van der Waals surface area (Å²) < 4.78 is 11.7. The summed E-state index contributed by atoms with van der Waals surface area (Å²) in [5.41, 5.74) is 3.43. The molecule has 4 nitrogen and oxygen atoms in total. The van der Waals surface area contributed by atoms with Gasteiger partial charge in [-0.05, 0) is 49.2 Å². The van der Waals surface area contributed by atoms with Crippen LogP contribution in [0.5, 0.6) is 5.75 Å². The fourth-order valence-electron chi connectivity index (χ4n) is 2.75. The van der Waals surface area contributed by atoms with E-state index in [0.717, 1.165) is 34.6 Å². The molecule has 132 valence electrons. The second-order valence-corrected chi connectivity index (χ2v) is 5.96. The molecule has 3 aromatic rings. The van der Waals surface area contributed by atoms with Gasteiger partial charge in [-0.25, -0.2) is 4.98 Å². The van der Waals surface area contributed by atoms with Crippen molar-refractivity contribution in [1.82, 2.24) is 4.98 Å². The van der Waals surface area contributed by atoms with Crippen LogP contribution < -0.4 is 4.74 Å². The molecule has 0 aliphatic carbocycles. The monoisotopic (exact) mass is 347 g/mol. The maximum atomic E-state index is 10.9. The molecular weight excluding hydrogens is 326 g/mol. The van der Waals surface area contributed by atoms with Crippen LogP contribution in [-0.2, 0) is 12.8 Å². The van der Waals surface area contributed by atoms with Gasteiger partial charge in [-0.1, -0.05) is 24.3 Å². The zero-order valence-corrected chi connectivity index (χ0v) is 14.8. The van der Waals surface area contributed by atoms with Gasteiger partial charge in [0.1, 0.15) is 17.8 Å². The van der Waals surface area contributed by atoms with Gasteiger partial charge in [0.05, 0.1) is 12.3 Å². The number of allylic oxidation sites excluding steroid dienone is 1. The van der Waals surface area contributed by atoms with Gasteiger partial charge >= 0.3 is 0 Å². The van der Waals surface area contributed by atoms with Crippen LogP contribution in [-0.4, -0.2) is 17.9 Å². The number of aromatic nitrogens is 1. The molecule has 1 heterocycles. The normalized spacial score (nSPS) is 10.5. The van der Waals surface area contributed by atoms with Crippen molar-refractivity contribution < 1.29 is 13.9 Å². The summed E-state index contributed by atoms with van der Waals surface area (Å²) in [5, 5.41) is 0. The number of oxazole rings is 1. The Balaban J connectivity index is 1.68. The van der Waals surface area contributed by atoms with Crippen LogP contribution in [0.2, 0.25) is 0 Å². The highest BCUT2D eigenvalue weighted by Gasteiger charge is 2.12. The quantitative estimate of drug-likeness (QED) is 0.433. The Morgan fingerprint density at radius 3 is 2.73 bits per heavy atom. The van der Waals surface area contributed by atoms with Gasteiger partial charge < -0.3 is 9.15 Å². The van der Waals surface area contributed by atoms with Gasteiger partial charge in [0.2, 0.25) is 5.89 Å². The summed E-state index contributed by atoms with van der Waals surface area (Å²) in [7, 11) is 0. The third-order valence-electron chi connectivity index (χ3n) is 4.09. The molecule has 0 N–H and O–H groups in total. The number of carbonyl (C=O) groups is 1. The lowest BCUT2D eigenvalue weighted by atomic mass is 10.1. The van der Waals surface area contributed by atoms with Crippen molar-refractivity contribution in [2.45, 2.75) is 19.8 Å². The third-order valence-corrected chi connectivity index (χ3v) is 4.09. The molecule has 4 heteroatoms. The molecular formula is C22H21NO3. The first-order valence-electron chi connectivity index (χ1n) is 8.54. The Hall–Kier alpha value is -3.14. The zero-order chi connectivity index (χ0) is 18.4. The molecule has 0 spiro atoms. The Labute approximate surface area is 153 Å². The predicted molar refractivity (Wildman–Crippen MR) is 102 cm³/mol. The van der Waals surface area contributed by atoms with Crippen molar-refractivity contribution in [3.05, 3.63) is 83.8 Å². The molecule has 0 aliphatic heterocycles. The highest BCUT2D eigenvalue weighted by atomic mass is 16.5. The fourth-order valence-corrected chi connectivity index (χ4v) is 2.75. The Bertz CT molecular complexity index is 897. The van der Waals surface area contributed by atoms with Gasteiger partial charge in [-0.2, -0.15) is 0 Å². The van der Waals surface area contributed by atoms with E-state index in [2.05, 4.69) is 11.6 Å². The average Bonchev–Trinajstić information content (AvgIpc) is 3.04. The van der Waals surface area contributed by atoms with Crippen molar-refractivity contribution in [1.29, 1.82) is 0 Å². The van der Waals surface area contributed by atoms with Gasteiger partial charge in [0, 0.05) is 17.5 Å². The van der Waals surface area contributed by atoms with Crippen LogP contribution in [0, 0.1) is 6.92 Å². The van der Waals surface area contributed by atoms with Crippen molar-refractivity contribution in [3.8, 4) is 17.2 Å². The van der Waals surface area contributed by atoms with Crippen molar-refractivity contribution >= 4 is 6.29 Å². The van der Waals surface area contributed by atoms with E-state index in [4.69, 9.17) is 9.15 Å². The fraction of sp³-hybridized carbons (Fsp3) is 0.182. The van der Waals surface area contributed by atoms with E-state index in [-0.39, 0.29) is 0 Å². The van der Waals surface area contributed by atoms with Gasteiger partial charge in [-0.3, -0.25) is 4.79 Å². The number of benzene rings is 2. The van der Waals surface area contributed by atoms with Gasteiger partial charge in [-0.15, -0.1) is 6.58 Å². The number of ether oxygens (including phenoxy) is 1. The van der Waals surface area contributed by atoms with Crippen molar-refractivity contribution in [2.24, 2.45) is 0 Å². The predicted octanol–water partition coefficient (Wildman–Crippen LogP) is 4.81. The number of carbonyl (C=O) groups excluding carboxylic acids is 1. The molecule has 0 atom stereocenters. The third kappa shape index (κ3) is 4.09. The number of hydrogen-bond acceptors (Lipinski definition) is 4. The summed E-state index contributed by atoms with van der Waals surface area (Å²) in [6.07, 6.45) is 3.92. The first-order chi connectivity index (χ1) is 12.7. The molecule has 0 amide bonds. The maximum absolute atomic E-state index is 10.9. The maximum Gasteiger partial charge on any atom is 0.226 e. The molecule has 0 saturated heterocycles. The minimum Gasteiger partial charge on any atom is -0.493 e. The van der Waals surface area contributed by atoms with E-state index in [0.29, 0.717) is 30.9 Å². The molecule has 2 aromatic carbocycles. The summed E-state index contributed by atoms with van der Waals surface area (Å²) in [6, 6.07) is 15.2. The Morgan fingerprint density at radius 2 is 2.00 bits per heavy atom. The highest BCUT2D eigenvalue weighted by Crippen LogP contribution is 2.23. The molecule has 26 heavy (non-hydrogen) atoms. The van der Waals surface area contributed by atoms with Gasteiger partial charge in [0.25, 0.3) is 0 Å². The Kier molecular flexibility index (Phi) is 5.64. The minimum absolute atomic E-state index is 0.478. The summed E-state index contributed by atoms with van der Waals surface area (Å²) in [4.78, 5) is 15.5. The first-order valence-corrected chi connectivity index (χ1v) is 8.54. The van der Waals surface area contributed by atoms with Crippen LogP contribution in [0.15, 0.2) is 65.6 Å². The first kappa shape index (κ1) is 17.7. The number of hydrogen-bond donors (Lipinski definition) is 0. The van der Waals surface area contributed by atoms with E-state index in [1.807, 2.05) is 49.4 Å². The highest BCUT2D eigenvalue weighted by molar-refractivity contribution is 5.75. The zero-order valence-electron chi connectivity index (χ0n) is 14.8. The lowest BCUT2D eigenvalue weighted by Gasteiger charge is -2.10. The van der Waals surface area contributed by atoms with Crippen LogP contribution in [0.3, 0.4) is 0 Å². The second kappa shape index (κ2) is 8.30. The van der Waals surface area contributed by atoms with Crippen LogP contribution in [0.25, 0.3) is 11.5 Å². The van der Waals surface area contributed by atoms with Crippen molar-refractivity contribution in [2.75, 3.05) is 6.61 Å². The molecule has 0 radical (unpaired) electrons. The van der Waals surface area contributed by atoms with E-state index in [1.165, 1.54) is 0 Å². The molecule has 0 bridgehead atoms. The second-order valence-electron chi connectivity index (χ2n) is 5.96. The molecule has 0 fully saturated rings. The van der Waals surface area contributed by atoms with Crippen molar-refractivity contribution in [3.63, 3.8) is 0 Å². The van der Waals surface area contributed by atoms with Gasteiger partial charge in [0.15, 0.2) is 0 Å². The van der Waals surface area contributed by atoms with Crippen LogP contribution >= 0.6 is 0 Å². The summed E-state index contributed by atoms with van der Waals surface area (Å²) >= 11 is 0. The number of rotatable bonds is 8. The molecule has 0 aliphatic rings. The van der Waals surface area contributed by atoms with E-state index in [9.17, 15) is 4.79 Å². The summed E-state index contributed by atoms with van der Waals surface area (Å²) in [5.74, 6) is 2.19. The SMILES string of the molecule is C=CCc1cc(C=O)ccc1OCCc1nc(-c2ccccc2)oc1C. The number of nitrogens with zero attached hydrogens (tertiary/aromatic N) is 1. The molecule has 3 rings (SSSR count). The standard InChI is InChI=1S/C22H21NO3/c1-3-7-19-14-17(15-24)10-11-21(19)25-13-12-20-16(2)26-22(23-20)18-8-5-4-6-9-18/h3-6,8-11,14-15H,1,7,12-13H2,2H3. The lowest BCUT2D eigenvalue weighted by Crippen LogP contribution is -2.05. The minimum atomic E-state index is 0.478.